The lowest BCUT2D eigenvalue weighted by atomic mass is 10.1. The molecular formula is C16H22ClN3O4. The normalized spacial score (nSPS) is 11.6. The van der Waals surface area contributed by atoms with Crippen LogP contribution in [0, 0.1) is 0 Å². The summed E-state index contributed by atoms with van der Waals surface area (Å²) in [4.78, 5) is 35.3. The van der Waals surface area contributed by atoms with Crippen molar-refractivity contribution in [1.29, 1.82) is 0 Å². The number of aliphatic carboxylic acids is 1. The number of unbranched alkanes of at least 4 members (excludes halogenated alkanes) is 1. The van der Waals surface area contributed by atoms with Crippen LogP contribution in [-0.2, 0) is 9.59 Å². The van der Waals surface area contributed by atoms with Crippen molar-refractivity contribution < 1.29 is 19.5 Å². The summed E-state index contributed by atoms with van der Waals surface area (Å²) in [6.07, 6.45) is 1.75. The van der Waals surface area contributed by atoms with Crippen molar-refractivity contribution >= 4 is 29.4 Å². The Kier molecular flexibility index (Phi) is 8.21. The van der Waals surface area contributed by atoms with Gasteiger partial charge in [-0.05, 0) is 43.5 Å². The molecule has 0 fully saturated rings. The second-order valence-electron chi connectivity index (χ2n) is 5.45. The van der Waals surface area contributed by atoms with E-state index in [2.05, 4.69) is 5.32 Å². The molecule has 7 nitrogen and oxygen atoms in total. The molecule has 0 aliphatic rings. The first-order valence-electron chi connectivity index (χ1n) is 7.57. The second-order valence-corrected chi connectivity index (χ2v) is 5.89. The third-order valence-electron chi connectivity index (χ3n) is 3.40. The zero-order valence-electron chi connectivity index (χ0n) is 13.5. The van der Waals surface area contributed by atoms with Crippen LogP contribution >= 0.6 is 11.6 Å². The monoisotopic (exact) mass is 355 g/mol. The second kappa shape index (κ2) is 9.89. The van der Waals surface area contributed by atoms with E-state index in [1.807, 2.05) is 0 Å². The van der Waals surface area contributed by atoms with E-state index in [0.717, 1.165) is 4.90 Å². The van der Waals surface area contributed by atoms with Crippen LogP contribution in [0.3, 0.4) is 0 Å². The van der Waals surface area contributed by atoms with Crippen LogP contribution < -0.4 is 11.1 Å². The molecule has 0 aromatic heterocycles. The van der Waals surface area contributed by atoms with Crippen LogP contribution in [0.15, 0.2) is 24.3 Å². The average molecular weight is 356 g/mol. The maximum Gasteiger partial charge on any atom is 0.323 e. The maximum atomic E-state index is 11.9. The molecule has 0 aliphatic heterocycles. The van der Waals surface area contributed by atoms with Gasteiger partial charge in [0.2, 0.25) is 5.91 Å². The number of amides is 2. The van der Waals surface area contributed by atoms with Crippen LogP contribution in [0.4, 0.5) is 0 Å². The summed E-state index contributed by atoms with van der Waals surface area (Å²) in [5.74, 6) is -1.67. The van der Waals surface area contributed by atoms with Gasteiger partial charge in [-0.1, -0.05) is 11.6 Å². The Morgan fingerprint density at radius 2 is 1.88 bits per heavy atom. The van der Waals surface area contributed by atoms with Gasteiger partial charge in [-0.25, -0.2) is 0 Å². The molecule has 0 spiro atoms. The molecule has 0 saturated heterocycles. The van der Waals surface area contributed by atoms with Gasteiger partial charge in [-0.15, -0.1) is 0 Å². The number of carbonyl (C=O) groups excluding carboxylic acids is 2. The van der Waals surface area contributed by atoms with Crippen molar-refractivity contribution in [3.05, 3.63) is 34.9 Å². The van der Waals surface area contributed by atoms with Crippen molar-refractivity contribution in [3.63, 3.8) is 0 Å². The molecule has 8 heteroatoms. The third-order valence-corrected chi connectivity index (χ3v) is 3.65. The Morgan fingerprint density at radius 1 is 1.25 bits per heavy atom. The minimum Gasteiger partial charge on any atom is -0.480 e. The molecule has 0 aliphatic carbocycles. The molecule has 0 unspecified atom stereocenters. The zero-order valence-corrected chi connectivity index (χ0v) is 14.3. The molecule has 1 atom stereocenters. The Morgan fingerprint density at radius 3 is 2.46 bits per heavy atom. The lowest BCUT2D eigenvalue weighted by Crippen LogP contribution is -2.43. The highest BCUT2D eigenvalue weighted by molar-refractivity contribution is 6.30. The number of likely N-dealkylation sites (N-methyl/N-ethyl adjacent to an activating group) is 1. The minimum atomic E-state index is -1.08. The van der Waals surface area contributed by atoms with Crippen molar-refractivity contribution in [2.24, 2.45) is 5.73 Å². The highest BCUT2D eigenvalue weighted by Gasteiger charge is 2.19. The number of carboxylic acids is 1. The Balaban J connectivity index is 2.23. The zero-order chi connectivity index (χ0) is 18.1. The van der Waals surface area contributed by atoms with Gasteiger partial charge in [0, 0.05) is 24.2 Å². The Bertz CT molecular complexity index is 577. The van der Waals surface area contributed by atoms with E-state index in [-0.39, 0.29) is 12.5 Å². The van der Waals surface area contributed by atoms with E-state index < -0.39 is 17.9 Å². The van der Waals surface area contributed by atoms with Gasteiger partial charge < -0.3 is 21.1 Å². The minimum absolute atomic E-state index is 0.187. The molecular weight excluding hydrogens is 334 g/mol. The number of nitrogens with zero attached hydrogens (tertiary/aromatic N) is 1. The van der Waals surface area contributed by atoms with Crippen LogP contribution in [-0.4, -0.2) is 54.0 Å². The molecule has 1 aromatic rings. The van der Waals surface area contributed by atoms with E-state index in [9.17, 15) is 14.4 Å². The maximum absolute atomic E-state index is 11.9. The average Bonchev–Trinajstić information content (AvgIpc) is 2.53. The summed E-state index contributed by atoms with van der Waals surface area (Å²) in [5, 5.41) is 12.0. The van der Waals surface area contributed by atoms with E-state index in [4.69, 9.17) is 22.4 Å². The fraction of sp³-hybridized carbons (Fsp3) is 0.438. The van der Waals surface area contributed by atoms with Crippen molar-refractivity contribution in [2.45, 2.75) is 25.3 Å². The number of carboxylic acid groups (broad SMARTS) is 1. The quantitative estimate of drug-likeness (QED) is 0.574. The van der Waals surface area contributed by atoms with E-state index >= 15 is 0 Å². The third kappa shape index (κ3) is 6.97. The lowest BCUT2D eigenvalue weighted by molar-refractivity contribution is -0.144. The lowest BCUT2D eigenvalue weighted by Gasteiger charge is -2.19. The van der Waals surface area contributed by atoms with Crippen LogP contribution in [0.2, 0.25) is 5.02 Å². The number of nitrogens with one attached hydrogen (secondary N) is 1. The molecule has 1 rings (SSSR count). The molecule has 0 heterocycles. The number of rotatable bonds is 9. The fourth-order valence-corrected chi connectivity index (χ4v) is 2.21. The SMILES string of the molecule is CN(CC(=O)O)C(=O)[C@@H](N)CCCCNC(=O)c1ccc(Cl)cc1. The summed E-state index contributed by atoms with van der Waals surface area (Å²) >= 11 is 5.76. The van der Waals surface area contributed by atoms with Gasteiger partial charge in [-0.3, -0.25) is 14.4 Å². The number of hydrogen-bond donors (Lipinski definition) is 3. The highest BCUT2D eigenvalue weighted by Crippen LogP contribution is 2.09. The summed E-state index contributed by atoms with van der Waals surface area (Å²) in [6, 6.07) is 5.85. The summed E-state index contributed by atoms with van der Waals surface area (Å²) in [6.45, 7) is 0.0943. The van der Waals surface area contributed by atoms with E-state index in [1.165, 1.54) is 7.05 Å². The van der Waals surface area contributed by atoms with Crippen LogP contribution in [0.5, 0.6) is 0 Å². The van der Waals surface area contributed by atoms with E-state index in [0.29, 0.717) is 36.4 Å². The highest BCUT2D eigenvalue weighted by atomic mass is 35.5. The molecule has 132 valence electrons. The van der Waals surface area contributed by atoms with Gasteiger partial charge in [0.05, 0.1) is 6.04 Å². The Hall–Kier alpha value is -2.12. The first-order chi connectivity index (χ1) is 11.3. The van der Waals surface area contributed by atoms with Gasteiger partial charge >= 0.3 is 5.97 Å². The molecule has 2 amide bonds. The van der Waals surface area contributed by atoms with E-state index in [1.54, 1.807) is 24.3 Å². The number of hydrogen-bond acceptors (Lipinski definition) is 4. The Labute approximate surface area is 145 Å². The van der Waals surface area contributed by atoms with Gasteiger partial charge in [-0.2, -0.15) is 0 Å². The van der Waals surface area contributed by atoms with Crippen molar-refractivity contribution in [2.75, 3.05) is 20.1 Å². The summed E-state index contributed by atoms with van der Waals surface area (Å²) < 4.78 is 0. The largest absolute Gasteiger partial charge is 0.480 e. The first kappa shape index (κ1) is 19.9. The predicted octanol–water partition coefficient (Wildman–Crippen LogP) is 1.11. The predicted molar refractivity (Wildman–Crippen MR) is 90.9 cm³/mol. The summed E-state index contributed by atoms with van der Waals surface area (Å²) in [7, 11) is 1.41. The molecule has 24 heavy (non-hydrogen) atoms. The molecule has 0 saturated carbocycles. The van der Waals surface area contributed by atoms with Crippen LogP contribution in [0.25, 0.3) is 0 Å². The van der Waals surface area contributed by atoms with Crippen LogP contribution in [0.1, 0.15) is 29.6 Å². The first-order valence-corrected chi connectivity index (χ1v) is 7.95. The standard InChI is InChI=1S/C16H22ClN3O4/c1-20(10-14(21)22)16(24)13(18)4-2-3-9-19-15(23)11-5-7-12(17)8-6-11/h5-8,13H,2-4,9-10,18H2,1H3,(H,19,23)(H,21,22)/t13-/m0/s1. The number of carbonyl (C=O) groups is 3. The smallest absolute Gasteiger partial charge is 0.323 e. The molecule has 4 N–H and O–H groups in total. The van der Waals surface area contributed by atoms with Gasteiger partial charge in [0.25, 0.3) is 5.91 Å². The number of benzene rings is 1. The topological polar surface area (TPSA) is 113 Å². The molecule has 1 aromatic carbocycles. The van der Waals surface area contributed by atoms with Crippen molar-refractivity contribution in [3.8, 4) is 0 Å². The van der Waals surface area contributed by atoms with Gasteiger partial charge in [0.1, 0.15) is 6.54 Å². The van der Waals surface area contributed by atoms with Crippen molar-refractivity contribution in [1.82, 2.24) is 10.2 Å². The summed E-state index contributed by atoms with van der Waals surface area (Å²) in [5.41, 5.74) is 6.29. The fourth-order valence-electron chi connectivity index (χ4n) is 2.08. The van der Waals surface area contributed by atoms with Gasteiger partial charge in [0.15, 0.2) is 0 Å². The molecule has 0 bridgehead atoms. The number of halogens is 1. The molecule has 0 radical (unpaired) electrons. The number of nitrogens with two attached hydrogens (primary N) is 1.